The van der Waals surface area contributed by atoms with E-state index in [1.165, 1.54) is 0 Å². The van der Waals surface area contributed by atoms with Crippen molar-refractivity contribution < 1.29 is 4.42 Å². The van der Waals surface area contributed by atoms with Gasteiger partial charge in [0.15, 0.2) is 0 Å². The van der Waals surface area contributed by atoms with Crippen LogP contribution in [0.1, 0.15) is 18.1 Å². The SMILES string of the molecule is C/C=C/c1cc2cc(C)ccc2oc1=O. The Morgan fingerprint density at radius 1 is 1.27 bits per heavy atom. The summed E-state index contributed by atoms with van der Waals surface area (Å²) in [6, 6.07) is 7.62. The Labute approximate surface area is 87.8 Å². The van der Waals surface area contributed by atoms with Gasteiger partial charge in [0, 0.05) is 5.39 Å². The number of benzene rings is 1. The first-order valence-electron chi connectivity index (χ1n) is 4.88. The number of hydrogen-bond donors (Lipinski definition) is 0. The van der Waals surface area contributed by atoms with Crippen LogP contribution >= 0.6 is 0 Å². The van der Waals surface area contributed by atoms with Crippen LogP contribution in [0, 0.1) is 6.92 Å². The van der Waals surface area contributed by atoms with Crippen molar-refractivity contribution >= 4 is 17.0 Å². The predicted molar refractivity (Wildman–Crippen MR) is 61.9 cm³/mol. The lowest BCUT2D eigenvalue weighted by Crippen LogP contribution is -2.02. The highest BCUT2D eigenvalue weighted by molar-refractivity contribution is 5.79. The second-order valence-corrected chi connectivity index (χ2v) is 3.53. The topological polar surface area (TPSA) is 30.2 Å². The van der Waals surface area contributed by atoms with Gasteiger partial charge in [-0.1, -0.05) is 23.8 Å². The van der Waals surface area contributed by atoms with Gasteiger partial charge in [0.1, 0.15) is 5.58 Å². The molecular formula is C13H12O2. The van der Waals surface area contributed by atoms with Crippen molar-refractivity contribution in [1.29, 1.82) is 0 Å². The second-order valence-electron chi connectivity index (χ2n) is 3.53. The van der Waals surface area contributed by atoms with E-state index in [9.17, 15) is 4.79 Å². The summed E-state index contributed by atoms with van der Waals surface area (Å²) in [4.78, 5) is 11.5. The van der Waals surface area contributed by atoms with E-state index in [4.69, 9.17) is 4.42 Å². The molecule has 0 fully saturated rings. The molecule has 2 rings (SSSR count). The zero-order valence-electron chi connectivity index (χ0n) is 8.78. The Balaban J connectivity index is 2.77. The van der Waals surface area contributed by atoms with Crippen LogP contribution in [0.25, 0.3) is 17.0 Å². The van der Waals surface area contributed by atoms with Crippen molar-refractivity contribution in [3.63, 3.8) is 0 Å². The molecule has 0 aliphatic rings. The van der Waals surface area contributed by atoms with Crippen LogP contribution in [0.3, 0.4) is 0 Å². The Hall–Kier alpha value is -1.83. The van der Waals surface area contributed by atoms with Gasteiger partial charge >= 0.3 is 5.63 Å². The molecule has 0 saturated heterocycles. The van der Waals surface area contributed by atoms with Gasteiger partial charge in [0.05, 0.1) is 5.56 Å². The number of rotatable bonds is 1. The Morgan fingerprint density at radius 2 is 2.07 bits per heavy atom. The lowest BCUT2D eigenvalue weighted by molar-refractivity contribution is 0.559. The van der Waals surface area contributed by atoms with Gasteiger partial charge in [-0.2, -0.15) is 0 Å². The molecule has 0 saturated carbocycles. The fraction of sp³-hybridized carbons (Fsp3) is 0.154. The van der Waals surface area contributed by atoms with Crippen LogP contribution in [0.2, 0.25) is 0 Å². The van der Waals surface area contributed by atoms with Crippen molar-refractivity contribution in [1.82, 2.24) is 0 Å². The van der Waals surface area contributed by atoms with E-state index < -0.39 is 0 Å². The summed E-state index contributed by atoms with van der Waals surface area (Å²) >= 11 is 0. The number of fused-ring (bicyclic) bond motifs is 1. The van der Waals surface area contributed by atoms with Crippen LogP contribution < -0.4 is 5.63 Å². The summed E-state index contributed by atoms with van der Waals surface area (Å²) < 4.78 is 5.19. The largest absolute Gasteiger partial charge is 0.422 e. The van der Waals surface area contributed by atoms with Gasteiger partial charge in [0.25, 0.3) is 0 Å². The highest BCUT2D eigenvalue weighted by atomic mass is 16.4. The average molecular weight is 200 g/mol. The lowest BCUT2D eigenvalue weighted by Gasteiger charge is -1.99. The third-order valence-corrected chi connectivity index (χ3v) is 2.26. The average Bonchev–Trinajstić information content (AvgIpc) is 2.20. The summed E-state index contributed by atoms with van der Waals surface area (Å²) in [5.41, 5.74) is 2.10. The maximum absolute atomic E-state index is 11.5. The van der Waals surface area contributed by atoms with E-state index in [2.05, 4.69) is 0 Å². The summed E-state index contributed by atoms with van der Waals surface area (Å²) in [6.07, 6.45) is 3.58. The van der Waals surface area contributed by atoms with E-state index in [0.29, 0.717) is 11.1 Å². The van der Waals surface area contributed by atoms with E-state index in [-0.39, 0.29) is 5.63 Å². The van der Waals surface area contributed by atoms with E-state index in [1.807, 2.05) is 44.2 Å². The van der Waals surface area contributed by atoms with Crippen LogP contribution in [0.15, 0.2) is 39.6 Å². The number of hydrogen-bond acceptors (Lipinski definition) is 2. The first-order valence-corrected chi connectivity index (χ1v) is 4.88. The predicted octanol–water partition coefficient (Wildman–Crippen LogP) is 3.13. The third-order valence-electron chi connectivity index (χ3n) is 2.26. The minimum atomic E-state index is -0.288. The molecule has 0 N–H and O–H groups in total. The normalized spacial score (nSPS) is 11.3. The maximum Gasteiger partial charge on any atom is 0.343 e. The number of allylic oxidation sites excluding steroid dienone is 1. The van der Waals surface area contributed by atoms with Crippen LogP contribution in [0.5, 0.6) is 0 Å². The molecule has 0 atom stereocenters. The summed E-state index contributed by atoms with van der Waals surface area (Å²) in [6.45, 7) is 3.89. The van der Waals surface area contributed by atoms with Crippen molar-refractivity contribution in [2.75, 3.05) is 0 Å². The molecular weight excluding hydrogens is 188 g/mol. The highest BCUT2D eigenvalue weighted by Crippen LogP contribution is 2.15. The summed E-state index contributed by atoms with van der Waals surface area (Å²) in [5, 5.41) is 0.961. The highest BCUT2D eigenvalue weighted by Gasteiger charge is 2.01. The first kappa shape index (κ1) is 9.71. The molecule has 0 amide bonds. The summed E-state index contributed by atoms with van der Waals surface area (Å²) in [5.74, 6) is 0. The zero-order chi connectivity index (χ0) is 10.8. The Kier molecular flexibility index (Phi) is 2.42. The van der Waals surface area contributed by atoms with Crippen molar-refractivity contribution in [3.8, 4) is 0 Å². The molecule has 1 aromatic carbocycles. The van der Waals surface area contributed by atoms with Crippen LogP contribution in [-0.2, 0) is 0 Å². The van der Waals surface area contributed by atoms with E-state index in [0.717, 1.165) is 10.9 Å². The molecule has 0 radical (unpaired) electrons. The molecule has 0 unspecified atom stereocenters. The molecule has 0 spiro atoms. The van der Waals surface area contributed by atoms with E-state index >= 15 is 0 Å². The molecule has 2 aromatic rings. The Morgan fingerprint density at radius 3 is 2.80 bits per heavy atom. The molecule has 76 valence electrons. The molecule has 0 bridgehead atoms. The standard InChI is InChI=1S/C13H12O2/c1-3-4-10-8-11-7-9(2)5-6-12(11)15-13(10)14/h3-8H,1-2H3/b4-3+. The van der Waals surface area contributed by atoms with Crippen molar-refractivity contribution in [2.24, 2.45) is 0 Å². The zero-order valence-corrected chi connectivity index (χ0v) is 8.78. The van der Waals surface area contributed by atoms with Gasteiger partial charge in [-0.3, -0.25) is 0 Å². The molecule has 15 heavy (non-hydrogen) atoms. The minimum Gasteiger partial charge on any atom is -0.422 e. The molecule has 2 nitrogen and oxygen atoms in total. The van der Waals surface area contributed by atoms with Gasteiger partial charge in [0.2, 0.25) is 0 Å². The van der Waals surface area contributed by atoms with Crippen LogP contribution in [-0.4, -0.2) is 0 Å². The smallest absolute Gasteiger partial charge is 0.343 e. The maximum atomic E-state index is 11.5. The molecule has 1 heterocycles. The third kappa shape index (κ3) is 1.84. The fourth-order valence-corrected chi connectivity index (χ4v) is 1.55. The van der Waals surface area contributed by atoms with E-state index in [1.54, 1.807) is 6.08 Å². The number of aryl methyl sites for hydroxylation is 1. The summed E-state index contributed by atoms with van der Waals surface area (Å²) in [7, 11) is 0. The van der Waals surface area contributed by atoms with Crippen molar-refractivity contribution in [2.45, 2.75) is 13.8 Å². The monoisotopic (exact) mass is 200 g/mol. The first-order chi connectivity index (χ1) is 7.20. The fourth-order valence-electron chi connectivity index (χ4n) is 1.55. The second kappa shape index (κ2) is 3.73. The minimum absolute atomic E-state index is 0.288. The van der Waals surface area contributed by atoms with Crippen molar-refractivity contribution in [3.05, 3.63) is 51.9 Å². The van der Waals surface area contributed by atoms with Gasteiger partial charge in [-0.15, -0.1) is 0 Å². The molecule has 0 aliphatic heterocycles. The Bertz CT molecular complexity index is 577. The molecule has 1 aromatic heterocycles. The lowest BCUT2D eigenvalue weighted by atomic mass is 10.1. The molecule has 2 heteroatoms. The van der Waals surface area contributed by atoms with Crippen LogP contribution in [0.4, 0.5) is 0 Å². The molecule has 0 aliphatic carbocycles. The van der Waals surface area contributed by atoms with Gasteiger partial charge < -0.3 is 4.42 Å². The quantitative estimate of drug-likeness (QED) is 0.662. The van der Waals surface area contributed by atoms with Gasteiger partial charge in [-0.05, 0) is 32.0 Å². The van der Waals surface area contributed by atoms with Gasteiger partial charge in [-0.25, -0.2) is 4.79 Å².